The molecule has 0 aliphatic rings. The normalized spacial score (nSPS) is 11.9. The lowest BCUT2D eigenvalue weighted by Gasteiger charge is -2.24. The topological polar surface area (TPSA) is 26.0 Å². The summed E-state index contributed by atoms with van der Waals surface area (Å²) in [4.78, 5) is 4.13. The molecule has 0 atom stereocenters. The van der Waals surface area contributed by atoms with Crippen LogP contribution >= 0.6 is 0 Å². The van der Waals surface area contributed by atoms with Crippen molar-refractivity contribution in [1.29, 1.82) is 0 Å². The molecule has 0 N–H and O–H groups in total. The Bertz CT molecular complexity index is 212. The van der Waals surface area contributed by atoms with Crippen molar-refractivity contribution >= 4 is 0 Å². The first kappa shape index (κ1) is 9.30. The molecule has 0 aliphatic heterocycles. The van der Waals surface area contributed by atoms with Crippen LogP contribution in [0.25, 0.3) is 0 Å². The third kappa shape index (κ3) is 2.10. The molecule has 0 aromatic carbocycles. The van der Waals surface area contributed by atoms with Gasteiger partial charge in [0.05, 0.1) is 6.20 Å². The highest BCUT2D eigenvalue weighted by Gasteiger charge is 2.21. The number of nitrogens with zero attached hydrogens (tertiary/aromatic N) is 1. The lowest BCUT2D eigenvalue weighted by atomic mass is 9.81. The predicted octanol–water partition coefficient (Wildman–Crippen LogP) is 3.04. The molecule has 2 heteroatoms. The molecular formula is C10H17NO. The summed E-state index contributed by atoms with van der Waals surface area (Å²) in [5.41, 5.74) is 0.352. The van der Waals surface area contributed by atoms with Crippen LogP contribution in [-0.2, 0) is 6.42 Å². The van der Waals surface area contributed by atoms with E-state index in [1.165, 1.54) is 12.8 Å². The summed E-state index contributed by atoms with van der Waals surface area (Å²) in [6.45, 7) is 6.70. The fraction of sp³-hybridized carbons (Fsp3) is 0.700. The van der Waals surface area contributed by atoms with Gasteiger partial charge in [0.15, 0.2) is 5.89 Å². The summed E-state index contributed by atoms with van der Waals surface area (Å²) in [6.07, 6.45) is 6.65. The lowest BCUT2D eigenvalue weighted by Crippen LogP contribution is -2.17. The van der Waals surface area contributed by atoms with Gasteiger partial charge in [-0.2, -0.15) is 0 Å². The van der Waals surface area contributed by atoms with Crippen LogP contribution in [0.4, 0.5) is 0 Å². The molecule has 0 bridgehead atoms. The van der Waals surface area contributed by atoms with Crippen LogP contribution in [0, 0.1) is 5.41 Å². The summed E-state index contributed by atoms with van der Waals surface area (Å²) in [5, 5.41) is 0. The smallest absolute Gasteiger partial charge is 0.194 e. The molecule has 0 saturated heterocycles. The van der Waals surface area contributed by atoms with Gasteiger partial charge in [0.25, 0.3) is 0 Å². The second-order valence-corrected chi connectivity index (χ2v) is 3.62. The zero-order chi connectivity index (χ0) is 9.03. The molecule has 0 fully saturated rings. The standard InChI is InChI=1S/C10H17NO/c1-4-10(3,5-2)8-9-11-6-7-12-9/h6-7H,4-5,8H2,1-3H3. The van der Waals surface area contributed by atoms with Gasteiger partial charge >= 0.3 is 0 Å². The van der Waals surface area contributed by atoms with E-state index in [0.717, 1.165) is 12.3 Å². The monoisotopic (exact) mass is 167 g/mol. The Morgan fingerprint density at radius 1 is 1.42 bits per heavy atom. The Kier molecular flexibility index (Phi) is 2.90. The van der Waals surface area contributed by atoms with Crippen LogP contribution < -0.4 is 0 Å². The number of hydrogen-bond acceptors (Lipinski definition) is 2. The van der Waals surface area contributed by atoms with Crippen LogP contribution in [0.5, 0.6) is 0 Å². The highest BCUT2D eigenvalue weighted by molar-refractivity contribution is 4.87. The molecule has 0 amide bonds. The average Bonchev–Trinajstić information content (AvgIpc) is 2.57. The van der Waals surface area contributed by atoms with Crippen LogP contribution in [0.3, 0.4) is 0 Å². The Balaban J connectivity index is 2.60. The van der Waals surface area contributed by atoms with E-state index in [-0.39, 0.29) is 0 Å². The molecule has 0 radical (unpaired) electrons. The number of hydrogen-bond donors (Lipinski definition) is 0. The molecule has 1 rings (SSSR count). The SMILES string of the molecule is CCC(C)(CC)Cc1ncco1. The van der Waals surface area contributed by atoms with Crippen molar-refractivity contribution in [3.63, 3.8) is 0 Å². The van der Waals surface area contributed by atoms with Crippen molar-refractivity contribution in [2.45, 2.75) is 40.0 Å². The van der Waals surface area contributed by atoms with Gasteiger partial charge in [-0.15, -0.1) is 0 Å². The molecule has 0 spiro atoms. The minimum absolute atomic E-state index is 0.352. The zero-order valence-corrected chi connectivity index (χ0v) is 8.13. The van der Waals surface area contributed by atoms with Crippen molar-refractivity contribution in [2.24, 2.45) is 5.41 Å². The summed E-state index contributed by atoms with van der Waals surface area (Å²) in [7, 11) is 0. The first-order valence-electron chi connectivity index (χ1n) is 4.58. The van der Waals surface area contributed by atoms with E-state index in [9.17, 15) is 0 Å². The molecule has 0 unspecified atom stereocenters. The third-order valence-corrected chi connectivity index (χ3v) is 2.77. The Hall–Kier alpha value is -0.790. The summed E-state index contributed by atoms with van der Waals surface area (Å²) >= 11 is 0. The number of rotatable bonds is 4. The second kappa shape index (κ2) is 3.74. The molecular weight excluding hydrogens is 150 g/mol. The molecule has 1 aromatic heterocycles. The molecule has 12 heavy (non-hydrogen) atoms. The van der Waals surface area contributed by atoms with Gasteiger partial charge < -0.3 is 4.42 Å². The fourth-order valence-corrected chi connectivity index (χ4v) is 1.21. The van der Waals surface area contributed by atoms with Crippen molar-refractivity contribution in [2.75, 3.05) is 0 Å². The van der Waals surface area contributed by atoms with Gasteiger partial charge in [-0.1, -0.05) is 33.6 Å². The van der Waals surface area contributed by atoms with Crippen molar-refractivity contribution in [3.05, 3.63) is 18.4 Å². The fourth-order valence-electron chi connectivity index (χ4n) is 1.21. The van der Waals surface area contributed by atoms with Crippen LogP contribution in [-0.4, -0.2) is 4.98 Å². The quantitative estimate of drug-likeness (QED) is 0.688. The maximum Gasteiger partial charge on any atom is 0.194 e. The Morgan fingerprint density at radius 2 is 2.08 bits per heavy atom. The Labute approximate surface area is 74.0 Å². The van der Waals surface area contributed by atoms with Crippen molar-refractivity contribution in [3.8, 4) is 0 Å². The highest BCUT2D eigenvalue weighted by Crippen LogP contribution is 2.29. The molecule has 2 nitrogen and oxygen atoms in total. The van der Waals surface area contributed by atoms with E-state index >= 15 is 0 Å². The van der Waals surface area contributed by atoms with Crippen molar-refractivity contribution in [1.82, 2.24) is 4.98 Å². The van der Waals surface area contributed by atoms with Gasteiger partial charge in [-0.3, -0.25) is 0 Å². The van der Waals surface area contributed by atoms with Gasteiger partial charge in [0.1, 0.15) is 6.26 Å². The van der Waals surface area contributed by atoms with Gasteiger partial charge in [-0.25, -0.2) is 4.98 Å². The lowest BCUT2D eigenvalue weighted by molar-refractivity contribution is 0.268. The maximum absolute atomic E-state index is 5.22. The van der Waals surface area contributed by atoms with Crippen LogP contribution in [0.1, 0.15) is 39.5 Å². The van der Waals surface area contributed by atoms with Gasteiger partial charge in [0, 0.05) is 6.42 Å². The summed E-state index contributed by atoms with van der Waals surface area (Å²) in [5.74, 6) is 0.862. The first-order chi connectivity index (χ1) is 5.70. The van der Waals surface area contributed by atoms with Crippen LogP contribution in [0.15, 0.2) is 16.9 Å². The molecule has 1 aromatic rings. The molecule has 68 valence electrons. The highest BCUT2D eigenvalue weighted by atomic mass is 16.3. The first-order valence-corrected chi connectivity index (χ1v) is 4.58. The number of oxazole rings is 1. The number of aromatic nitrogens is 1. The second-order valence-electron chi connectivity index (χ2n) is 3.62. The van der Waals surface area contributed by atoms with Gasteiger partial charge in [-0.05, 0) is 5.41 Å². The van der Waals surface area contributed by atoms with E-state index in [0.29, 0.717) is 5.41 Å². The Morgan fingerprint density at radius 3 is 2.50 bits per heavy atom. The van der Waals surface area contributed by atoms with E-state index < -0.39 is 0 Å². The van der Waals surface area contributed by atoms with E-state index in [1.54, 1.807) is 12.5 Å². The van der Waals surface area contributed by atoms with E-state index in [4.69, 9.17) is 4.42 Å². The largest absolute Gasteiger partial charge is 0.449 e. The van der Waals surface area contributed by atoms with E-state index in [1.807, 2.05) is 0 Å². The molecule has 1 heterocycles. The molecule has 0 saturated carbocycles. The van der Waals surface area contributed by atoms with Crippen molar-refractivity contribution < 1.29 is 4.42 Å². The van der Waals surface area contributed by atoms with E-state index in [2.05, 4.69) is 25.8 Å². The third-order valence-electron chi connectivity index (χ3n) is 2.77. The zero-order valence-electron chi connectivity index (χ0n) is 8.13. The molecule has 0 aliphatic carbocycles. The van der Waals surface area contributed by atoms with Crippen LogP contribution in [0.2, 0.25) is 0 Å². The minimum Gasteiger partial charge on any atom is -0.449 e. The summed E-state index contributed by atoms with van der Waals surface area (Å²) < 4.78 is 5.22. The maximum atomic E-state index is 5.22. The van der Waals surface area contributed by atoms with Gasteiger partial charge in [0.2, 0.25) is 0 Å². The summed E-state index contributed by atoms with van der Waals surface area (Å²) in [6, 6.07) is 0. The average molecular weight is 167 g/mol. The minimum atomic E-state index is 0.352. The predicted molar refractivity (Wildman–Crippen MR) is 48.9 cm³/mol.